The Bertz CT molecular complexity index is 1070. The van der Waals surface area contributed by atoms with E-state index >= 15 is 0 Å². The van der Waals surface area contributed by atoms with Gasteiger partial charge in [0.25, 0.3) is 15.7 Å². The highest BCUT2D eigenvalue weighted by Gasteiger charge is 2.25. The summed E-state index contributed by atoms with van der Waals surface area (Å²) in [5, 5.41) is 11.1. The molecular formula is C15H17N3O7S2. The summed E-state index contributed by atoms with van der Waals surface area (Å²) >= 11 is 0. The monoisotopic (exact) mass is 415 g/mol. The second-order valence-electron chi connectivity index (χ2n) is 5.35. The third-order valence-electron chi connectivity index (χ3n) is 3.18. The molecule has 0 aromatic heterocycles. The lowest BCUT2D eigenvalue weighted by molar-refractivity contribution is -0.387. The summed E-state index contributed by atoms with van der Waals surface area (Å²) in [6.45, 7) is 1.88. The van der Waals surface area contributed by atoms with Crippen LogP contribution in [0.15, 0.2) is 47.4 Å². The molecule has 2 aromatic carbocycles. The number of anilines is 2. The van der Waals surface area contributed by atoms with E-state index in [1.807, 2.05) is 0 Å². The van der Waals surface area contributed by atoms with Crippen molar-refractivity contribution in [3.8, 4) is 5.75 Å². The van der Waals surface area contributed by atoms with Crippen molar-refractivity contribution in [1.29, 1.82) is 0 Å². The van der Waals surface area contributed by atoms with Crippen LogP contribution in [-0.4, -0.2) is 34.6 Å². The molecule has 2 aromatic rings. The molecule has 0 aliphatic rings. The predicted molar refractivity (Wildman–Crippen MR) is 100.0 cm³/mol. The molecule has 0 spiro atoms. The van der Waals surface area contributed by atoms with Crippen molar-refractivity contribution >= 4 is 37.1 Å². The van der Waals surface area contributed by atoms with E-state index in [4.69, 9.17) is 4.74 Å². The van der Waals surface area contributed by atoms with Crippen molar-refractivity contribution in [2.45, 2.75) is 11.8 Å². The van der Waals surface area contributed by atoms with Crippen molar-refractivity contribution < 1.29 is 26.5 Å². The lowest BCUT2D eigenvalue weighted by atomic mass is 10.2. The molecule has 12 heteroatoms. The van der Waals surface area contributed by atoms with Gasteiger partial charge in [0.1, 0.15) is 5.75 Å². The number of ether oxygens (including phenoxy) is 1. The van der Waals surface area contributed by atoms with E-state index in [0.717, 1.165) is 18.4 Å². The van der Waals surface area contributed by atoms with Crippen molar-refractivity contribution in [3.63, 3.8) is 0 Å². The summed E-state index contributed by atoms with van der Waals surface area (Å²) in [6.07, 6.45) is 0.966. The summed E-state index contributed by atoms with van der Waals surface area (Å²) in [4.78, 5) is 9.78. The van der Waals surface area contributed by atoms with Gasteiger partial charge in [-0.1, -0.05) is 12.1 Å². The first kappa shape index (κ1) is 20.5. The molecule has 0 bridgehead atoms. The van der Waals surface area contributed by atoms with Gasteiger partial charge in [0.05, 0.1) is 29.2 Å². The molecule has 0 aliphatic carbocycles. The first-order chi connectivity index (χ1) is 12.5. The largest absolute Gasteiger partial charge is 0.492 e. The van der Waals surface area contributed by atoms with E-state index in [2.05, 4.69) is 9.44 Å². The van der Waals surface area contributed by atoms with Gasteiger partial charge in [0, 0.05) is 12.1 Å². The maximum Gasteiger partial charge on any atom is 0.289 e. The standard InChI is InChI=1S/C15H17N3O7S2/c1-3-25-14-10-11(8-9-12(14)17-26(2,21)22)16-27(23,24)15-7-5-4-6-13(15)18(19)20/h4-10,16-17H,3H2,1-2H3. The maximum absolute atomic E-state index is 12.5. The van der Waals surface area contributed by atoms with E-state index in [-0.39, 0.29) is 23.7 Å². The highest BCUT2D eigenvalue weighted by Crippen LogP contribution is 2.31. The van der Waals surface area contributed by atoms with Crippen molar-refractivity contribution in [3.05, 3.63) is 52.6 Å². The molecular weight excluding hydrogens is 398 g/mol. The molecule has 146 valence electrons. The zero-order valence-electron chi connectivity index (χ0n) is 14.4. The van der Waals surface area contributed by atoms with Gasteiger partial charge in [-0.3, -0.25) is 19.6 Å². The van der Waals surface area contributed by atoms with Gasteiger partial charge in [-0.2, -0.15) is 0 Å². The quantitative estimate of drug-likeness (QED) is 0.496. The highest BCUT2D eigenvalue weighted by molar-refractivity contribution is 7.93. The fraction of sp³-hybridized carbons (Fsp3) is 0.200. The topological polar surface area (TPSA) is 145 Å². The van der Waals surface area contributed by atoms with E-state index in [1.165, 1.54) is 30.3 Å². The molecule has 0 aliphatic heterocycles. The number of nitrogens with zero attached hydrogens (tertiary/aromatic N) is 1. The van der Waals surface area contributed by atoms with Gasteiger partial charge in [-0.15, -0.1) is 0 Å². The van der Waals surface area contributed by atoms with Crippen LogP contribution in [0.5, 0.6) is 5.75 Å². The predicted octanol–water partition coefficient (Wildman–Crippen LogP) is 2.17. The molecule has 0 saturated carbocycles. The molecule has 0 atom stereocenters. The van der Waals surface area contributed by atoms with Crippen LogP contribution in [-0.2, 0) is 20.0 Å². The van der Waals surface area contributed by atoms with Crippen LogP contribution in [0.4, 0.5) is 17.1 Å². The minimum atomic E-state index is -4.25. The molecule has 0 amide bonds. The maximum atomic E-state index is 12.5. The van der Waals surface area contributed by atoms with Gasteiger partial charge in [0.15, 0.2) is 4.90 Å². The average Bonchev–Trinajstić information content (AvgIpc) is 2.56. The zero-order chi connectivity index (χ0) is 20.2. The Morgan fingerprint density at radius 3 is 2.33 bits per heavy atom. The normalized spacial score (nSPS) is 11.6. The van der Waals surface area contributed by atoms with Crippen LogP contribution in [0.2, 0.25) is 0 Å². The Balaban J connectivity index is 2.42. The van der Waals surface area contributed by atoms with Crippen LogP contribution in [0.25, 0.3) is 0 Å². The smallest absolute Gasteiger partial charge is 0.289 e. The van der Waals surface area contributed by atoms with Gasteiger partial charge in [-0.05, 0) is 25.1 Å². The van der Waals surface area contributed by atoms with Crippen LogP contribution in [0, 0.1) is 10.1 Å². The van der Waals surface area contributed by atoms with Gasteiger partial charge in [0.2, 0.25) is 10.0 Å². The number of nitro groups is 1. The Morgan fingerprint density at radius 1 is 1.07 bits per heavy atom. The molecule has 0 saturated heterocycles. The highest BCUT2D eigenvalue weighted by atomic mass is 32.2. The number of benzene rings is 2. The number of hydrogen-bond acceptors (Lipinski definition) is 7. The molecule has 0 radical (unpaired) electrons. The summed E-state index contributed by atoms with van der Waals surface area (Å²) in [5.74, 6) is 0.102. The van der Waals surface area contributed by atoms with Crippen LogP contribution in [0.1, 0.15) is 6.92 Å². The number of sulfonamides is 2. The Kier molecular flexibility index (Phi) is 5.91. The fourth-order valence-corrected chi connectivity index (χ4v) is 3.98. The first-order valence-corrected chi connectivity index (χ1v) is 10.9. The minimum absolute atomic E-state index is 0.0515. The Morgan fingerprint density at radius 2 is 1.74 bits per heavy atom. The summed E-state index contributed by atoms with van der Waals surface area (Å²) in [7, 11) is -7.82. The third kappa shape index (κ3) is 5.31. The van der Waals surface area contributed by atoms with Crippen molar-refractivity contribution in [2.75, 3.05) is 22.3 Å². The fourth-order valence-electron chi connectivity index (χ4n) is 2.19. The number of nitrogens with one attached hydrogen (secondary N) is 2. The molecule has 2 N–H and O–H groups in total. The molecule has 0 fully saturated rings. The third-order valence-corrected chi connectivity index (χ3v) is 5.20. The molecule has 10 nitrogen and oxygen atoms in total. The second-order valence-corrected chi connectivity index (χ2v) is 8.75. The zero-order valence-corrected chi connectivity index (χ0v) is 16.0. The lowest BCUT2D eigenvalue weighted by Crippen LogP contribution is -2.15. The molecule has 27 heavy (non-hydrogen) atoms. The number of para-hydroxylation sites is 1. The van der Waals surface area contributed by atoms with E-state index < -0.39 is 35.6 Å². The van der Waals surface area contributed by atoms with E-state index in [9.17, 15) is 26.9 Å². The second kappa shape index (κ2) is 7.80. The van der Waals surface area contributed by atoms with Crippen molar-refractivity contribution in [1.82, 2.24) is 0 Å². The van der Waals surface area contributed by atoms with E-state index in [1.54, 1.807) is 6.92 Å². The molecule has 2 rings (SSSR count). The summed E-state index contributed by atoms with van der Waals surface area (Å²) in [5.41, 5.74) is -0.381. The SMILES string of the molecule is CCOc1cc(NS(=O)(=O)c2ccccc2[N+](=O)[O-])ccc1NS(C)(=O)=O. The Hall–Kier alpha value is -2.86. The minimum Gasteiger partial charge on any atom is -0.492 e. The number of nitro benzene ring substituents is 1. The van der Waals surface area contributed by atoms with Gasteiger partial charge in [-0.25, -0.2) is 16.8 Å². The van der Waals surface area contributed by atoms with Crippen molar-refractivity contribution in [2.24, 2.45) is 0 Å². The van der Waals surface area contributed by atoms with Gasteiger partial charge >= 0.3 is 0 Å². The number of rotatable bonds is 8. The molecule has 0 unspecified atom stereocenters. The van der Waals surface area contributed by atoms with Crippen LogP contribution >= 0.6 is 0 Å². The van der Waals surface area contributed by atoms with Crippen LogP contribution in [0.3, 0.4) is 0 Å². The average molecular weight is 415 g/mol. The summed E-state index contributed by atoms with van der Waals surface area (Å²) < 4.78 is 57.7. The van der Waals surface area contributed by atoms with Crippen LogP contribution < -0.4 is 14.2 Å². The first-order valence-electron chi connectivity index (χ1n) is 7.54. The number of hydrogen-bond donors (Lipinski definition) is 2. The lowest BCUT2D eigenvalue weighted by Gasteiger charge is -2.14. The van der Waals surface area contributed by atoms with E-state index in [0.29, 0.717) is 0 Å². The Labute approximate surface area is 156 Å². The van der Waals surface area contributed by atoms with Gasteiger partial charge < -0.3 is 4.74 Å². The summed E-state index contributed by atoms with van der Waals surface area (Å²) in [6, 6.07) is 8.83. The molecule has 0 heterocycles.